The van der Waals surface area contributed by atoms with E-state index in [1.54, 1.807) is 27.7 Å². The van der Waals surface area contributed by atoms with Crippen molar-refractivity contribution in [2.45, 2.75) is 63.6 Å². The smallest absolute Gasteiger partial charge is 0.410 e. The monoisotopic (exact) mass is 480 g/mol. The standard InChI is InChI=1S/C27H32N2O6/c1-5-29(27(23(30)31)14-17(15-27)28-24(32)35-26(2,3)4)25(33)34-16-22-20-12-8-6-10-18(20)19-11-7-9-13-21(19)22/h6-13,17,22H,5,14-16H2,1-4H3,(H,28,32)(H,30,31). The van der Waals surface area contributed by atoms with Crippen LogP contribution >= 0.6 is 0 Å². The SMILES string of the molecule is CCN(C(=O)OCC1c2ccccc2-c2ccccc21)C1(C(=O)O)CC(NC(=O)OC(C)(C)C)C1. The van der Waals surface area contributed by atoms with Crippen LogP contribution in [0.4, 0.5) is 9.59 Å². The molecule has 0 bridgehead atoms. The van der Waals surface area contributed by atoms with Crippen LogP contribution in [0.5, 0.6) is 0 Å². The van der Waals surface area contributed by atoms with Gasteiger partial charge in [0, 0.05) is 31.3 Å². The molecule has 8 nitrogen and oxygen atoms in total. The number of nitrogens with one attached hydrogen (secondary N) is 1. The molecule has 2 aliphatic rings. The Morgan fingerprint density at radius 2 is 1.57 bits per heavy atom. The molecule has 0 radical (unpaired) electrons. The van der Waals surface area contributed by atoms with Crippen molar-refractivity contribution in [2.75, 3.05) is 13.2 Å². The highest BCUT2D eigenvalue weighted by atomic mass is 16.6. The summed E-state index contributed by atoms with van der Waals surface area (Å²) >= 11 is 0. The molecule has 1 fully saturated rings. The Balaban J connectivity index is 1.44. The van der Waals surface area contributed by atoms with Crippen molar-refractivity contribution in [3.05, 3.63) is 59.7 Å². The topological polar surface area (TPSA) is 105 Å². The summed E-state index contributed by atoms with van der Waals surface area (Å²) in [5.41, 5.74) is 2.32. The number of carbonyl (C=O) groups excluding carboxylic acids is 2. The van der Waals surface area contributed by atoms with E-state index in [-0.39, 0.29) is 31.9 Å². The summed E-state index contributed by atoms with van der Waals surface area (Å²) in [5.74, 6) is -1.23. The first-order chi connectivity index (χ1) is 16.6. The van der Waals surface area contributed by atoms with Crippen LogP contribution in [0.2, 0.25) is 0 Å². The van der Waals surface area contributed by atoms with Crippen molar-refractivity contribution in [3.63, 3.8) is 0 Å². The zero-order chi connectivity index (χ0) is 25.4. The largest absolute Gasteiger partial charge is 0.479 e. The fourth-order valence-electron chi connectivity index (χ4n) is 5.12. The second kappa shape index (κ2) is 9.24. The normalized spacial score (nSPS) is 20.7. The quantitative estimate of drug-likeness (QED) is 0.617. The number of amides is 2. The highest BCUT2D eigenvalue weighted by molar-refractivity contribution is 5.86. The minimum Gasteiger partial charge on any atom is -0.479 e. The highest BCUT2D eigenvalue weighted by Gasteiger charge is 2.57. The van der Waals surface area contributed by atoms with Crippen LogP contribution in [-0.4, -0.2) is 58.5 Å². The predicted octanol–water partition coefficient (Wildman–Crippen LogP) is 4.77. The Morgan fingerprint density at radius 1 is 1.03 bits per heavy atom. The van der Waals surface area contributed by atoms with E-state index in [0.717, 1.165) is 22.3 Å². The lowest BCUT2D eigenvalue weighted by molar-refractivity contribution is -0.158. The number of ether oxygens (including phenoxy) is 2. The number of carboxylic acids is 1. The van der Waals surface area contributed by atoms with Crippen molar-refractivity contribution >= 4 is 18.2 Å². The first kappa shape index (κ1) is 24.6. The third-order valence-corrected chi connectivity index (χ3v) is 6.68. The van der Waals surface area contributed by atoms with Crippen LogP contribution in [0, 0.1) is 0 Å². The zero-order valence-corrected chi connectivity index (χ0v) is 20.5. The number of carboxylic acid groups (broad SMARTS) is 1. The molecule has 0 saturated heterocycles. The van der Waals surface area contributed by atoms with Gasteiger partial charge in [0.05, 0.1) is 0 Å². The number of aliphatic carboxylic acids is 1. The number of hydrogen-bond donors (Lipinski definition) is 2. The Morgan fingerprint density at radius 3 is 2.06 bits per heavy atom. The molecule has 2 N–H and O–H groups in total. The predicted molar refractivity (Wildman–Crippen MR) is 130 cm³/mol. The van der Waals surface area contributed by atoms with E-state index in [1.165, 1.54) is 4.90 Å². The molecule has 0 heterocycles. The van der Waals surface area contributed by atoms with Crippen molar-refractivity contribution in [1.29, 1.82) is 0 Å². The number of nitrogens with zero attached hydrogens (tertiary/aromatic N) is 1. The molecule has 4 rings (SSSR count). The molecule has 2 amide bonds. The van der Waals surface area contributed by atoms with Crippen molar-refractivity contribution < 1.29 is 29.0 Å². The van der Waals surface area contributed by atoms with E-state index >= 15 is 0 Å². The number of benzene rings is 2. The Hall–Kier alpha value is -3.55. The summed E-state index contributed by atoms with van der Waals surface area (Å²) in [5, 5.41) is 12.7. The van der Waals surface area contributed by atoms with Gasteiger partial charge in [0.2, 0.25) is 0 Å². The number of carbonyl (C=O) groups is 3. The maximum absolute atomic E-state index is 13.1. The lowest BCUT2D eigenvalue weighted by Gasteiger charge is -2.50. The summed E-state index contributed by atoms with van der Waals surface area (Å²) in [6.07, 6.45) is -1.11. The maximum atomic E-state index is 13.1. The molecule has 1 saturated carbocycles. The summed E-state index contributed by atoms with van der Waals surface area (Å²) in [4.78, 5) is 38.7. The minimum atomic E-state index is -1.43. The van der Waals surface area contributed by atoms with Gasteiger partial charge in [0.15, 0.2) is 0 Å². The maximum Gasteiger partial charge on any atom is 0.410 e. The first-order valence-corrected chi connectivity index (χ1v) is 11.9. The first-order valence-electron chi connectivity index (χ1n) is 11.9. The van der Waals surface area contributed by atoms with Gasteiger partial charge in [0.25, 0.3) is 0 Å². The van der Waals surface area contributed by atoms with Crippen molar-refractivity contribution in [2.24, 2.45) is 0 Å². The second-order valence-corrected chi connectivity index (χ2v) is 10.1. The average molecular weight is 481 g/mol. The molecule has 2 aromatic carbocycles. The van der Waals surface area contributed by atoms with Gasteiger partial charge in [-0.25, -0.2) is 14.4 Å². The molecule has 2 aliphatic carbocycles. The number of likely N-dealkylation sites (N-methyl/N-ethyl adjacent to an activating group) is 1. The van der Waals surface area contributed by atoms with Gasteiger partial charge >= 0.3 is 18.2 Å². The molecule has 186 valence electrons. The van der Waals surface area contributed by atoms with Gasteiger partial charge in [-0.3, -0.25) is 4.90 Å². The molecule has 8 heteroatoms. The molecule has 2 aromatic rings. The molecule has 0 unspecified atom stereocenters. The van der Waals surface area contributed by atoms with E-state index in [2.05, 4.69) is 17.4 Å². The lowest BCUT2D eigenvalue weighted by atomic mass is 9.71. The lowest BCUT2D eigenvalue weighted by Crippen LogP contribution is -2.69. The number of alkyl carbamates (subject to hydrolysis) is 1. The fraction of sp³-hybridized carbons (Fsp3) is 0.444. The number of hydrogen-bond acceptors (Lipinski definition) is 5. The van der Waals surface area contributed by atoms with Crippen LogP contribution in [0.25, 0.3) is 11.1 Å². The van der Waals surface area contributed by atoms with E-state index in [9.17, 15) is 19.5 Å². The van der Waals surface area contributed by atoms with Crippen LogP contribution in [0.1, 0.15) is 57.6 Å². The van der Waals surface area contributed by atoms with Crippen molar-refractivity contribution in [1.82, 2.24) is 10.2 Å². The summed E-state index contributed by atoms with van der Waals surface area (Å²) < 4.78 is 11.0. The molecule has 0 aromatic heterocycles. The van der Waals surface area contributed by atoms with Gasteiger partial charge < -0.3 is 19.9 Å². The van der Waals surface area contributed by atoms with Gasteiger partial charge in [-0.1, -0.05) is 48.5 Å². The number of rotatable bonds is 6. The molecular formula is C27H32N2O6. The molecular weight excluding hydrogens is 448 g/mol. The highest BCUT2D eigenvalue weighted by Crippen LogP contribution is 2.45. The Bertz CT molecular complexity index is 1090. The molecule has 35 heavy (non-hydrogen) atoms. The van der Waals surface area contributed by atoms with Crippen LogP contribution in [-0.2, 0) is 14.3 Å². The van der Waals surface area contributed by atoms with Crippen LogP contribution in [0.3, 0.4) is 0 Å². The van der Waals surface area contributed by atoms with Gasteiger partial charge in [-0.05, 0) is 49.9 Å². The van der Waals surface area contributed by atoms with Gasteiger partial charge in [-0.15, -0.1) is 0 Å². The molecule has 0 aliphatic heterocycles. The third kappa shape index (κ3) is 4.70. The second-order valence-electron chi connectivity index (χ2n) is 10.1. The summed E-state index contributed by atoms with van der Waals surface area (Å²) in [6, 6.07) is 15.7. The Labute approximate surface area is 205 Å². The van der Waals surface area contributed by atoms with Crippen molar-refractivity contribution in [3.8, 4) is 11.1 Å². The third-order valence-electron chi connectivity index (χ3n) is 6.68. The fourth-order valence-corrected chi connectivity index (χ4v) is 5.12. The minimum absolute atomic E-state index is 0.0829. The van der Waals surface area contributed by atoms with Crippen LogP contribution in [0.15, 0.2) is 48.5 Å². The van der Waals surface area contributed by atoms with E-state index in [1.807, 2.05) is 36.4 Å². The summed E-state index contributed by atoms with van der Waals surface area (Å²) in [6.45, 7) is 7.27. The zero-order valence-electron chi connectivity index (χ0n) is 20.5. The van der Waals surface area contributed by atoms with E-state index in [0.29, 0.717) is 0 Å². The average Bonchev–Trinajstić information content (AvgIpc) is 3.08. The van der Waals surface area contributed by atoms with Crippen LogP contribution < -0.4 is 5.32 Å². The Kier molecular flexibility index (Phi) is 6.49. The molecule has 0 atom stereocenters. The van der Waals surface area contributed by atoms with Gasteiger partial charge in [-0.2, -0.15) is 0 Å². The molecule has 0 spiro atoms. The summed E-state index contributed by atoms with van der Waals surface area (Å²) in [7, 11) is 0. The van der Waals surface area contributed by atoms with E-state index in [4.69, 9.17) is 9.47 Å². The van der Waals surface area contributed by atoms with E-state index < -0.39 is 35.3 Å². The van der Waals surface area contributed by atoms with Gasteiger partial charge in [0.1, 0.15) is 17.7 Å². The number of fused-ring (bicyclic) bond motifs is 3.